The Balaban J connectivity index is 1.93. The highest BCUT2D eigenvalue weighted by molar-refractivity contribution is 5.92. The van der Waals surface area contributed by atoms with Gasteiger partial charge >= 0.3 is 0 Å². The molecule has 20 heavy (non-hydrogen) atoms. The van der Waals surface area contributed by atoms with Crippen LogP contribution >= 0.6 is 0 Å². The Labute approximate surface area is 117 Å². The van der Waals surface area contributed by atoms with Crippen LogP contribution in [0, 0.1) is 13.8 Å². The normalized spacial score (nSPS) is 10.3. The van der Waals surface area contributed by atoms with Gasteiger partial charge in [-0.15, -0.1) is 0 Å². The van der Waals surface area contributed by atoms with E-state index in [1.165, 1.54) is 5.56 Å². The van der Waals surface area contributed by atoms with Crippen molar-refractivity contribution in [2.45, 2.75) is 20.3 Å². The lowest BCUT2D eigenvalue weighted by Gasteiger charge is -2.09. The second kappa shape index (κ2) is 6.23. The molecule has 0 atom stereocenters. The Kier molecular flexibility index (Phi) is 4.40. The number of carbonyl (C=O) groups is 1. The first-order chi connectivity index (χ1) is 9.60. The lowest BCUT2D eigenvalue weighted by molar-refractivity contribution is 0.0945. The Morgan fingerprint density at radius 3 is 2.80 bits per heavy atom. The lowest BCUT2D eigenvalue weighted by Crippen LogP contribution is -2.26. The van der Waals surface area contributed by atoms with Gasteiger partial charge < -0.3 is 14.6 Å². The largest absolute Gasteiger partial charge is 0.496 e. The van der Waals surface area contributed by atoms with Gasteiger partial charge in [0.15, 0.2) is 5.69 Å². The van der Waals surface area contributed by atoms with Gasteiger partial charge in [0.2, 0.25) is 0 Å². The van der Waals surface area contributed by atoms with Gasteiger partial charge in [0.1, 0.15) is 11.5 Å². The van der Waals surface area contributed by atoms with Gasteiger partial charge in [-0.05, 0) is 31.9 Å². The summed E-state index contributed by atoms with van der Waals surface area (Å²) in [6, 6.07) is 7.61. The van der Waals surface area contributed by atoms with Crippen molar-refractivity contribution in [1.82, 2.24) is 10.5 Å². The predicted molar refractivity (Wildman–Crippen MR) is 75.0 cm³/mol. The first-order valence-electron chi connectivity index (χ1n) is 6.45. The maximum absolute atomic E-state index is 11.8. The number of aryl methyl sites for hydroxylation is 2. The number of amides is 1. The Morgan fingerprint density at radius 2 is 2.15 bits per heavy atom. The molecule has 5 heteroatoms. The Hall–Kier alpha value is -2.30. The average molecular weight is 274 g/mol. The van der Waals surface area contributed by atoms with Crippen LogP contribution in [-0.2, 0) is 6.42 Å². The summed E-state index contributed by atoms with van der Waals surface area (Å²) in [5.41, 5.74) is 2.54. The Bertz CT molecular complexity index is 605. The molecule has 0 saturated carbocycles. The summed E-state index contributed by atoms with van der Waals surface area (Å²) in [5, 5.41) is 6.49. The number of rotatable bonds is 5. The predicted octanol–water partition coefficient (Wildman–Crippen LogP) is 2.27. The molecule has 1 N–H and O–H groups in total. The topological polar surface area (TPSA) is 64.4 Å². The van der Waals surface area contributed by atoms with Crippen LogP contribution in [0.2, 0.25) is 0 Å². The van der Waals surface area contributed by atoms with E-state index in [9.17, 15) is 4.79 Å². The summed E-state index contributed by atoms with van der Waals surface area (Å²) in [5.74, 6) is 1.23. The highest BCUT2D eigenvalue weighted by Gasteiger charge is 2.10. The Morgan fingerprint density at radius 1 is 1.35 bits per heavy atom. The van der Waals surface area contributed by atoms with E-state index in [2.05, 4.69) is 16.5 Å². The van der Waals surface area contributed by atoms with E-state index < -0.39 is 0 Å². The summed E-state index contributed by atoms with van der Waals surface area (Å²) in [7, 11) is 1.64. The van der Waals surface area contributed by atoms with Crippen LogP contribution in [0.15, 0.2) is 28.8 Å². The smallest absolute Gasteiger partial charge is 0.273 e. The van der Waals surface area contributed by atoms with Crippen molar-refractivity contribution in [1.29, 1.82) is 0 Å². The number of nitrogens with one attached hydrogen (secondary N) is 1. The van der Waals surface area contributed by atoms with Crippen molar-refractivity contribution in [3.05, 3.63) is 46.8 Å². The van der Waals surface area contributed by atoms with Crippen molar-refractivity contribution in [3.8, 4) is 5.75 Å². The van der Waals surface area contributed by atoms with Gasteiger partial charge in [-0.2, -0.15) is 0 Å². The van der Waals surface area contributed by atoms with Gasteiger partial charge in [0, 0.05) is 12.6 Å². The molecule has 0 aliphatic rings. The van der Waals surface area contributed by atoms with Crippen molar-refractivity contribution >= 4 is 5.91 Å². The molecule has 0 bridgehead atoms. The van der Waals surface area contributed by atoms with E-state index in [1.807, 2.05) is 19.1 Å². The van der Waals surface area contributed by atoms with Crippen LogP contribution in [0.5, 0.6) is 5.75 Å². The monoisotopic (exact) mass is 274 g/mol. The van der Waals surface area contributed by atoms with Crippen LogP contribution in [-0.4, -0.2) is 24.7 Å². The standard InChI is InChI=1S/C15H18N2O3/c1-10-4-5-14(19-3)12(8-10)6-7-16-15(18)13-9-11(2)20-17-13/h4-5,8-9H,6-7H2,1-3H3,(H,16,18). The molecule has 0 fully saturated rings. The molecule has 106 valence electrons. The summed E-state index contributed by atoms with van der Waals surface area (Å²) < 4.78 is 10.2. The van der Waals surface area contributed by atoms with E-state index in [0.29, 0.717) is 24.4 Å². The number of nitrogens with zero attached hydrogens (tertiary/aromatic N) is 1. The highest BCUT2D eigenvalue weighted by Crippen LogP contribution is 2.19. The maximum Gasteiger partial charge on any atom is 0.273 e. The molecule has 2 aromatic rings. The van der Waals surface area contributed by atoms with Gasteiger partial charge in [-0.1, -0.05) is 22.9 Å². The van der Waals surface area contributed by atoms with E-state index in [-0.39, 0.29) is 5.91 Å². The maximum atomic E-state index is 11.8. The molecule has 0 aliphatic carbocycles. The van der Waals surface area contributed by atoms with Gasteiger partial charge in [0.25, 0.3) is 5.91 Å². The fourth-order valence-corrected chi connectivity index (χ4v) is 1.98. The van der Waals surface area contributed by atoms with E-state index in [4.69, 9.17) is 9.26 Å². The summed E-state index contributed by atoms with van der Waals surface area (Å²) >= 11 is 0. The fourth-order valence-electron chi connectivity index (χ4n) is 1.98. The summed E-state index contributed by atoms with van der Waals surface area (Å²) in [4.78, 5) is 11.8. The molecule has 1 heterocycles. The molecule has 0 aliphatic heterocycles. The lowest BCUT2D eigenvalue weighted by atomic mass is 10.1. The second-order valence-corrected chi connectivity index (χ2v) is 4.64. The van der Waals surface area contributed by atoms with Gasteiger partial charge in [-0.3, -0.25) is 4.79 Å². The molecule has 0 spiro atoms. The summed E-state index contributed by atoms with van der Waals surface area (Å²) in [6.07, 6.45) is 0.702. The fraction of sp³-hybridized carbons (Fsp3) is 0.333. The van der Waals surface area contributed by atoms with Crippen LogP contribution < -0.4 is 10.1 Å². The van der Waals surface area contributed by atoms with Crippen molar-refractivity contribution in [2.24, 2.45) is 0 Å². The third kappa shape index (κ3) is 3.38. The van der Waals surface area contributed by atoms with Crippen LogP contribution in [0.4, 0.5) is 0 Å². The average Bonchev–Trinajstić information content (AvgIpc) is 2.86. The molecule has 0 radical (unpaired) electrons. The SMILES string of the molecule is COc1ccc(C)cc1CCNC(=O)c1cc(C)on1. The summed E-state index contributed by atoms with van der Waals surface area (Å²) in [6.45, 7) is 4.30. The number of methoxy groups -OCH3 is 1. The third-order valence-electron chi connectivity index (χ3n) is 2.98. The molecule has 0 unspecified atom stereocenters. The van der Waals surface area contributed by atoms with Crippen molar-refractivity contribution in [3.63, 3.8) is 0 Å². The molecule has 1 aromatic carbocycles. The van der Waals surface area contributed by atoms with Crippen LogP contribution in [0.1, 0.15) is 27.4 Å². The third-order valence-corrected chi connectivity index (χ3v) is 2.98. The van der Waals surface area contributed by atoms with E-state index >= 15 is 0 Å². The van der Waals surface area contributed by atoms with Crippen LogP contribution in [0.3, 0.4) is 0 Å². The molecule has 5 nitrogen and oxygen atoms in total. The molecular weight excluding hydrogens is 256 g/mol. The number of carbonyl (C=O) groups excluding carboxylic acids is 1. The molecule has 1 aromatic heterocycles. The quantitative estimate of drug-likeness (QED) is 0.908. The molecule has 2 rings (SSSR count). The number of hydrogen-bond acceptors (Lipinski definition) is 4. The second-order valence-electron chi connectivity index (χ2n) is 4.64. The zero-order chi connectivity index (χ0) is 14.5. The van der Waals surface area contributed by atoms with E-state index in [1.54, 1.807) is 20.1 Å². The number of ether oxygens (including phenoxy) is 1. The number of hydrogen-bond donors (Lipinski definition) is 1. The molecule has 1 amide bonds. The van der Waals surface area contributed by atoms with E-state index in [0.717, 1.165) is 11.3 Å². The zero-order valence-electron chi connectivity index (χ0n) is 11.9. The molecular formula is C15H18N2O3. The zero-order valence-corrected chi connectivity index (χ0v) is 11.9. The van der Waals surface area contributed by atoms with Crippen LogP contribution in [0.25, 0.3) is 0 Å². The minimum atomic E-state index is -0.228. The number of benzene rings is 1. The number of aromatic nitrogens is 1. The minimum Gasteiger partial charge on any atom is -0.496 e. The first-order valence-corrected chi connectivity index (χ1v) is 6.45. The van der Waals surface area contributed by atoms with Crippen molar-refractivity contribution in [2.75, 3.05) is 13.7 Å². The minimum absolute atomic E-state index is 0.228. The molecule has 0 saturated heterocycles. The highest BCUT2D eigenvalue weighted by atomic mass is 16.5. The van der Waals surface area contributed by atoms with Gasteiger partial charge in [0.05, 0.1) is 7.11 Å². The van der Waals surface area contributed by atoms with Gasteiger partial charge in [-0.25, -0.2) is 0 Å². The first kappa shape index (κ1) is 14.1. The van der Waals surface area contributed by atoms with Crippen molar-refractivity contribution < 1.29 is 14.1 Å².